The summed E-state index contributed by atoms with van der Waals surface area (Å²) in [5.74, 6) is 1.10. The molecule has 0 heterocycles. The van der Waals surface area contributed by atoms with Crippen molar-refractivity contribution in [2.75, 3.05) is 0 Å². The van der Waals surface area contributed by atoms with Crippen LogP contribution >= 0.6 is 0 Å². The van der Waals surface area contributed by atoms with Crippen molar-refractivity contribution in [1.29, 1.82) is 0 Å². The van der Waals surface area contributed by atoms with Crippen molar-refractivity contribution in [2.24, 2.45) is 11.7 Å². The molecular formula is C19H29NO. The summed E-state index contributed by atoms with van der Waals surface area (Å²) in [5, 5.41) is 10.6. The van der Waals surface area contributed by atoms with Gasteiger partial charge in [-0.25, -0.2) is 0 Å². The SMILES string of the molecule is CCCCC1CCc2cc(C3CC[C@@H](N)C3)ccc2C1O. The minimum atomic E-state index is -0.250. The highest BCUT2D eigenvalue weighted by molar-refractivity contribution is 5.37. The molecular weight excluding hydrogens is 258 g/mol. The van der Waals surface area contributed by atoms with Gasteiger partial charge in [-0.3, -0.25) is 0 Å². The van der Waals surface area contributed by atoms with Crippen LogP contribution in [0.1, 0.15) is 80.6 Å². The van der Waals surface area contributed by atoms with Crippen LogP contribution in [-0.4, -0.2) is 11.1 Å². The number of aryl methyl sites for hydroxylation is 1. The summed E-state index contributed by atoms with van der Waals surface area (Å²) in [6.45, 7) is 2.22. The Kier molecular flexibility index (Phi) is 4.66. The Morgan fingerprint density at radius 2 is 2.10 bits per heavy atom. The maximum Gasteiger partial charge on any atom is 0.0820 e. The first-order valence-electron chi connectivity index (χ1n) is 8.75. The van der Waals surface area contributed by atoms with Crippen molar-refractivity contribution in [2.45, 2.75) is 76.4 Å². The summed E-state index contributed by atoms with van der Waals surface area (Å²) in [4.78, 5) is 0. The van der Waals surface area contributed by atoms with Gasteiger partial charge in [0.2, 0.25) is 0 Å². The second kappa shape index (κ2) is 6.50. The third-order valence-electron chi connectivity index (χ3n) is 5.59. The lowest BCUT2D eigenvalue weighted by molar-refractivity contribution is 0.0871. The zero-order chi connectivity index (χ0) is 14.8. The minimum Gasteiger partial charge on any atom is -0.388 e. The topological polar surface area (TPSA) is 46.2 Å². The molecule has 0 spiro atoms. The van der Waals surface area contributed by atoms with E-state index in [4.69, 9.17) is 5.73 Å². The van der Waals surface area contributed by atoms with Crippen LogP contribution in [0, 0.1) is 5.92 Å². The molecule has 1 aromatic rings. The first-order chi connectivity index (χ1) is 10.2. The Labute approximate surface area is 128 Å². The molecule has 0 bridgehead atoms. The number of rotatable bonds is 4. The Hall–Kier alpha value is -0.860. The van der Waals surface area contributed by atoms with E-state index >= 15 is 0 Å². The van der Waals surface area contributed by atoms with Crippen LogP contribution in [0.2, 0.25) is 0 Å². The Morgan fingerprint density at radius 3 is 2.81 bits per heavy atom. The molecule has 2 heteroatoms. The molecule has 4 atom stereocenters. The van der Waals surface area contributed by atoms with Crippen LogP contribution < -0.4 is 5.73 Å². The van der Waals surface area contributed by atoms with Gasteiger partial charge in [0.15, 0.2) is 0 Å². The number of hydrogen-bond donors (Lipinski definition) is 2. The summed E-state index contributed by atoms with van der Waals surface area (Å²) in [6.07, 6.45) is 9.14. The molecule has 3 N–H and O–H groups in total. The molecule has 0 radical (unpaired) electrons. The van der Waals surface area contributed by atoms with Crippen molar-refractivity contribution in [3.63, 3.8) is 0 Å². The van der Waals surface area contributed by atoms with Crippen LogP contribution in [0.25, 0.3) is 0 Å². The number of fused-ring (bicyclic) bond motifs is 1. The quantitative estimate of drug-likeness (QED) is 0.877. The lowest BCUT2D eigenvalue weighted by Crippen LogP contribution is -2.21. The monoisotopic (exact) mass is 287 g/mol. The van der Waals surface area contributed by atoms with E-state index in [-0.39, 0.29) is 6.10 Å². The predicted octanol–water partition coefficient (Wildman–Crippen LogP) is 4.07. The highest BCUT2D eigenvalue weighted by Gasteiger charge is 2.29. The smallest absolute Gasteiger partial charge is 0.0820 e. The van der Waals surface area contributed by atoms with E-state index in [1.165, 1.54) is 36.0 Å². The molecule has 2 aliphatic rings. The summed E-state index contributed by atoms with van der Waals surface area (Å²) < 4.78 is 0. The number of nitrogens with two attached hydrogens (primary N) is 1. The van der Waals surface area contributed by atoms with Crippen LogP contribution in [0.4, 0.5) is 0 Å². The minimum absolute atomic E-state index is 0.250. The van der Waals surface area contributed by atoms with Gasteiger partial charge in [-0.2, -0.15) is 0 Å². The maximum atomic E-state index is 10.6. The standard InChI is InChI=1S/C19H29NO/c1-2-3-4-13-5-6-16-11-14(8-10-18(16)19(13)21)15-7-9-17(20)12-15/h8,10-11,13,15,17,19,21H,2-7,9,12,20H2,1H3/t13?,15?,17-,19?/m1/s1. The first kappa shape index (κ1) is 15.1. The first-order valence-corrected chi connectivity index (χ1v) is 8.75. The summed E-state index contributed by atoms with van der Waals surface area (Å²) >= 11 is 0. The van der Waals surface area contributed by atoms with E-state index in [2.05, 4.69) is 25.1 Å². The largest absolute Gasteiger partial charge is 0.388 e. The van der Waals surface area contributed by atoms with Gasteiger partial charge in [-0.15, -0.1) is 0 Å². The average molecular weight is 287 g/mol. The fourth-order valence-corrected chi connectivity index (χ4v) is 4.23. The fraction of sp³-hybridized carbons (Fsp3) is 0.684. The lowest BCUT2D eigenvalue weighted by atomic mass is 9.78. The van der Waals surface area contributed by atoms with Crippen molar-refractivity contribution >= 4 is 0 Å². The number of hydrogen-bond acceptors (Lipinski definition) is 2. The van der Waals surface area contributed by atoms with Gasteiger partial charge in [-0.1, -0.05) is 38.0 Å². The Balaban J connectivity index is 1.75. The molecule has 2 nitrogen and oxygen atoms in total. The van der Waals surface area contributed by atoms with Gasteiger partial charge in [0.1, 0.15) is 0 Å². The van der Waals surface area contributed by atoms with Crippen LogP contribution in [0.15, 0.2) is 18.2 Å². The lowest BCUT2D eigenvalue weighted by Gasteiger charge is -2.31. The van der Waals surface area contributed by atoms with Gasteiger partial charge >= 0.3 is 0 Å². The van der Waals surface area contributed by atoms with Crippen molar-refractivity contribution in [3.05, 3.63) is 34.9 Å². The molecule has 0 aliphatic heterocycles. The highest BCUT2D eigenvalue weighted by Crippen LogP contribution is 2.40. The highest BCUT2D eigenvalue weighted by atomic mass is 16.3. The summed E-state index contributed by atoms with van der Waals surface area (Å²) in [6, 6.07) is 7.18. The Bertz CT molecular complexity index is 484. The van der Waals surface area contributed by atoms with Crippen LogP contribution in [-0.2, 0) is 6.42 Å². The van der Waals surface area contributed by atoms with E-state index in [9.17, 15) is 5.11 Å². The molecule has 1 aromatic carbocycles. The third-order valence-corrected chi connectivity index (χ3v) is 5.59. The second-order valence-electron chi connectivity index (χ2n) is 7.11. The molecule has 3 rings (SSSR count). The molecule has 0 saturated heterocycles. The van der Waals surface area contributed by atoms with Crippen LogP contribution in [0.5, 0.6) is 0 Å². The molecule has 2 aliphatic carbocycles. The maximum absolute atomic E-state index is 10.6. The molecule has 3 unspecified atom stereocenters. The zero-order valence-electron chi connectivity index (χ0n) is 13.2. The molecule has 116 valence electrons. The van der Waals surface area contributed by atoms with Gasteiger partial charge in [-0.05, 0) is 67.1 Å². The number of unbranched alkanes of at least 4 members (excludes halogenated alkanes) is 1. The van der Waals surface area contributed by atoms with E-state index in [1.54, 1.807) is 0 Å². The number of aliphatic hydroxyl groups is 1. The molecule has 1 saturated carbocycles. The Morgan fingerprint density at radius 1 is 1.24 bits per heavy atom. The fourth-order valence-electron chi connectivity index (χ4n) is 4.23. The summed E-state index contributed by atoms with van der Waals surface area (Å²) in [7, 11) is 0. The number of aliphatic hydroxyl groups excluding tert-OH is 1. The molecule has 1 fully saturated rings. The van der Waals surface area contributed by atoms with Gasteiger partial charge in [0.25, 0.3) is 0 Å². The van der Waals surface area contributed by atoms with E-state index in [0.717, 1.165) is 32.1 Å². The second-order valence-corrected chi connectivity index (χ2v) is 7.11. The molecule has 0 aromatic heterocycles. The molecule has 0 amide bonds. The predicted molar refractivity (Wildman–Crippen MR) is 87.3 cm³/mol. The number of benzene rings is 1. The van der Waals surface area contributed by atoms with Gasteiger partial charge in [0.05, 0.1) is 6.10 Å². The van der Waals surface area contributed by atoms with E-state index < -0.39 is 0 Å². The van der Waals surface area contributed by atoms with Gasteiger partial charge in [0, 0.05) is 6.04 Å². The van der Waals surface area contributed by atoms with Crippen molar-refractivity contribution < 1.29 is 5.11 Å². The summed E-state index contributed by atoms with van der Waals surface area (Å²) in [5.41, 5.74) is 10.1. The van der Waals surface area contributed by atoms with Crippen LogP contribution in [0.3, 0.4) is 0 Å². The van der Waals surface area contributed by atoms with E-state index in [1.807, 2.05) is 0 Å². The van der Waals surface area contributed by atoms with Crippen molar-refractivity contribution in [3.8, 4) is 0 Å². The van der Waals surface area contributed by atoms with Gasteiger partial charge < -0.3 is 10.8 Å². The molecule has 21 heavy (non-hydrogen) atoms. The van der Waals surface area contributed by atoms with E-state index in [0.29, 0.717) is 17.9 Å². The average Bonchev–Trinajstić information content (AvgIpc) is 2.93. The van der Waals surface area contributed by atoms with Crippen molar-refractivity contribution in [1.82, 2.24) is 0 Å². The normalized spacial score (nSPS) is 32.1. The third kappa shape index (κ3) is 3.17. The zero-order valence-corrected chi connectivity index (χ0v) is 13.2.